The van der Waals surface area contributed by atoms with Crippen LogP contribution in [-0.2, 0) is 10.0 Å². The summed E-state index contributed by atoms with van der Waals surface area (Å²) in [4.78, 5) is 15.7. The van der Waals surface area contributed by atoms with Crippen molar-refractivity contribution < 1.29 is 28.2 Å². The second-order valence-corrected chi connectivity index (χ2v) is 16.1. The van der Waals surface area contributed by atoms with Crippen LogP contribution in [-0.4, -0.2) is 74.8 Å². The van der Waals surface area contributed by atoms with Gasteiger partial charge in [-0.1, -0.05) is 43.5 Å². The maximum atomic E-state index is 13.4. The van der Waals surface area contributed by atoms with Gasteiger partial charge in [-0.3, -0.25) is 4.79 Å². The van der Waals surface area contributed by atoms with Crippen LogP contribution in [0, 0.1) is 29.6 Å². The molecule has 2 heterocycles. The summed E-state index contributed by atoms with van der Waals surface area (Å²) in [6, 6.07) is 5.20. The van der Waals surface area contributed by atoms with Crippen LogP contribution in [0.5, 0.6) is 5.75 Å². The Kier molecular flexibility index (Phi) is 11.2. The van der Waals surface area contributed by atoms with Crippen molar-refractivity contribution in [3.05, 3.63) is 47.0 Å². The number of hydrogen-bond acceptors (Lipinski definition) is 8. The number of carbonyl (C=O) groups is 1. The van der Waals surface area contributed by atoms with Gasteiger partial charge in [-0.2, -0.15) is 0 Å². The lowest BCUT2D eigenvalue weighted by molar-refractivity contribution is -0.0866. The summed E-state index contributed by atoms with van der Waals surface area (Å²) in [5.74, 6) is 0.548. The SMILES string of the molecule is C[C@@H]1[C@@H](C)CCC[C@](O)(CNCCO)[C@@H]2CC[C@H]2CN2CCCCC3C=C(Cl)C=CC3COc3ccc(cc32)C(=O)NS1(=O)=O. The Hall–Kier alpha value is -2.11. The van der Waals surface area contributed by atoms with Gasteiger partial charge < -0.3 is 25.2 Å². The molecule has 2 aliphatic heterocycles. The Morgan fingerprint density at radius 1 is 1.13 bits per heavy atom. The summed E-state index contributed by atoms with van der Waals surface area (Å²) < 4.78 is 35.5. The molecule has 0 aromatic heterocycles. The van der Waals surface area contributed by atoms with Gasteiger partial charge in [0, 0.05) is 42.7 Å². The lowest BCUT2D eigenvalue weighted by Crippen LogP contribution is -2.55. The van der Waals surface area contributed by atoms with E-state index in [9.17, 15) is 23.4 Å². The number of benzene rings is 1. The van der Waals surface area contributed by atoms with Crippen LogP contribution in [0.25, 0.3) is 0 Å². The van der Waals surface area contributed by atoms with Gasteiger partial charge in [-0.15, -0.1) is 0 Å². The highest BCUT2D eigenvalue weighted by Crippen LogP contribution is 2.46. The Morgan fingerprint density at radius 2 is 1.96 bits per heavy atom. The Balaban J connectivity index is 1.52. The number of carbonyl (C=O) groups excluding carboxylic acids is 1. The van der Waals surface area contributed by atoms with Gasteiger partial charge in [0.15, 0.2) is 0 Å². The smallest absolute Gasteiger partial charge is 0.264 e. The number of sulfonamides is 1. The molecule has 2 unspecified atom stereocenters. The highest BCUT2D eigenvalue weighted by atomic mass is 35.5. The maximum absolute atomic E-state index is 13.4. The summed E-state index contributed by atoms with van der Waals surface area (Å²) in [5.41, 5.74) is 0.0648. The van der Waals surface area contributed by atoms with E-state index in [1.165, 1.54) is 0 Å². The predicted octanol–water partition coefficient (Wildman–Crippen LogP) is 4.59. The molecule has 1 amide bonds. The number of halogens is 1. The lowest BCUT2D eigenvalue weighted by atomic mass is 9.63. The zero-order valence-electron chi connectivity index (χ0n) is 26.6. The molecular weight excluding hydrogens is 614 g/mol. The van der Waals surface area contributed by atoms with Gasteiger partial charge in [0.1, 0.15) is 5.75 Å². The molecule has 11 heteroatoms. The molecule has 250 valence electrons. The monoisotopic (exact) mass is 663 g/mol. The number of hydrogen-bond donors (Lipinski definition) is 4. The molecule has 9 nitrogen and oxygen atoms in total. The van der Waals surface area contributed by atoms with Crippen LogP contribution < -0.4 is 19.7 Å². The van der Waals surface area contributed by atoms with Crippen LogP contribution in [0.2, 0.25) is 0 Å². The zero-order chi connectivity index (χ0) is 32.2. The second-order valence-electron chi connectivity index (χ2n) is 13.7. The number of anilines is 1. The summed E-state index contributed by atoms with van der Waals surface area (Å²) in [6.07, 6.45) is 12.8. The van der Waals surface area contributed by atoms with Gasteiger partial charge >= 0.3 is 0 Å². The maximum Gasteiger partial charge on any atom is 0.264 e. The fraction of sp³-hybridized carbons (Fsp3) is 0.676. The van der Waals surface area contributed by atoms with Crippen molar-refractivity contribution in [1.82, 2.24) is 10.0 Å². The van der Waals surface area contributed by atoms with Crippen molar-refractivity contribution in [3.63, 3.8) is 0 Å². The van der Waals surface area contributed by atoms with Crippen molar-refractivity contribution in [1.29, 1.82) is 0 Å². The van der Waals surface area contributed by atoms with Gasteiger partial charge in [-0.05, 0) is 93.4 Å². The van der Waals surface area contributed by atoms with Gasteiger partial charge in [-0.25, -0.2) is 13.1 Å². The van der Waals surface area contributed by atoms with Crippen molar-refractivity contribution in [2.75, 3.05) is 44.3 Å². The number of nitrogens with one attached hydrogen (secondary N) is 2. The number of amides is 1. The van der Waals surface area contributed by atoms with Crippen LogP contribution in [0.4, 0.5) is 5.69 Å². The highest BCUT2D eigenvalue weighted by Gasteiger charge is 2.46. The lowest BCUT2D eigenvalue weighted by Gasteiger charge is -2.49. The largest absolute Gasteiger partial charge is 0.491 e. The molecule has 4 N–H and O–H groups in total. The van der Waals surface area contributed by atoms with Crippen molar-refractivity contribution in [2.45, 2.75) is 76.1 Å². The average Bonchev–Trinajstić information content (AvgIpc) is 3.01. The van der Waals surface area contributed by atoms with Gasteiger partial charge in [0.2, 0.25) is 10.0 Å². The minimum Gasteiger partial charge on any atom is -0.491 e. The van der Waals surface area contributed by atoms with Crippen LogP contribution in [0.15, 0.2) is 41.5 Å². The van der Waals surface area contributed by atoms with E-state index < -0.39 is 26.8 Å². The van der Waals surface area contributed by atoms with Crippen molar-refractivity contribution in [3.8, 4) is 5.75 Å². The molecule has 45 heavy (non-hydrogen) atoms. The van der Waals surface area contributed by atoms with Crippen molar-refractivity contribution in [2.24, 2.45) is 29.6 Å². The summed E-state index contributed by atoms with van der Waals surface area (Å²) in [7, 11) is -3.94. The number of aliphatic hydroxyl groups is 2. The molecule has 0 radical (unpaired) electrons. The quantitative estimate of drug-likeness (QED) is 0.345. The fourth-order valence-corrected chi connectivity index (χ4v) is 9.09. The topological polar surface area (TPSA) is 128 Å². The number of fused-ring (bicyclic) bond motifs is 3. The number of ether oxygens (including phenoxy) is 1. The Labute approximate surface area is 273 Å². The third kappa shape index (κ3) is 8.07. The van der Waals surface area contributed by atoms with Crippen LogP contribution >= 0.6 is 11.6 Å². The Morgan fingerprint density at radius 3 is 2.71 bits per heavy atom. The molecule has 1 aromatic rings. The zero-order valence-corrected chi connectivity index (χ0v) is 28.2. The minimum absolute atomic E-state index is 0.00526. The molecule has 1 fully saturated rings. The molecule has 4 aliphatic rings. The van der Waals surface area contributed by atoms with E-state index in [2.05, 4.69) is 27.1 Å². The van der Waals surface area contributed by atoms with Gasteiger partial charge in [0.25, 0.3) is 5.91 Å². The first kappa shape index (κ1) is 34.2. The van der Waals surface area contributed by atoms with E-state index in [0.717, 1.165) is 49.4 Å². The summed E-state index contributed by atoms with van der Waals surface area (Å²) in [6.45, 7) is 6.20. The van der Waals surface area contributed by atoms with E-state index in [1.54, 1.807) is 25.1 Å². The van der Waals surface area contributed by atoms with E-state index >= 15 is 0 Å². The molecule has 1 aromatic carbocycles. The molecule has 0 spiro atoms. The number of rotatable bonds is 4. The molecule has 1 saturated carbocycles. The number of aliphatic hydroxyl groups excluding tert-OH is 1. The van der Waals surface area contributed by atoms with Crippen LogP contribution in [0.3, 0.4) is 0 Å². The normalized spacial score (nSPS) is 34.1. The number of allylic oxidation sites excluding steroid dienone is 3. The molecule has 0 saturated heterocycles. The van der Waals surface area contributed by atoms with Crippen LogP contribution in [0.1, 0.15) is 75.6 Å². The third-order valence-corrected chi connectivity index (χ3v) is 12.9. The Bertz CT molecular complexity index is 1370. The average molecular weight is 664 g/mol. The third-order valence-electron chi connectivity index (χ3n) is 10.7. The summed E-state index contributed by atoms with van der Waals surface area (Å²) >= 11 is 6.36. The predicted molar refractivity (Wildman–Crippen MR) is 178 cm³/mol. The second kappa shape index (κ2) is 14.8. The molecule has 2 aliphatic carbocycles. The van der Waals surface area contributed by atoms with E-state index in [4.69, 9.17) is 16.3 Å². The van der Waals surface area contributed by atoms with E-state index in [0.29, 0.717) is 51.3 Å². The first-order valence-electron chi connectivity index (χ1n) is 16.7. The standard InChI is InChI=1S/C34H50ClN3O6S/c1-23-6-5-14-34(41,22-36-15-17-39)30-12-9-27(30)20-38-16-4-3-7-25-18-29(35)11-8-28(25)21-44-32-13-10-26(19-31(32)38)33(40)37-45(42,43)24(23)2/h8,10-11,13,18-19,23-25,27-28,30,36,39,41H,3-7,9,12,14-17,20-22H2,1-2H3,(H,37,40)/t23-,24+,25?,27-,28?,30+,34-/m0/s1. The first-order valence-corrected chi connectivity index (χ1v) is 18.6. The van der Waals surface area contributed by atoms with Crippen molar-refractivity contribution >= 4 is 33.2 Å². The van der Waals surface area contributed by atoms with E-state index in [1.807, 2.05) is 13.0 Å². The first-order chi connectivity index (χ1) is 21.5. The summed E-state index contributed by atoms with van der Waals surface area (Å²) in [5, 5.41) is 24.7. The highest BCUT2D eigenvalue weighted by molar-refractivity contribution is 7.90. The minimum atomic E-state index is -3.94. The molecular formula is C34H50ClN3O6S. The van der Waals surface area contributed by atoms with E-state index in [-0.39, 0.29) is 41.8 Å². The van der Waals surface area contributed by atoms with Gasteiger partial charge in [0.05, 0.1) is 29.8 Å². The molecule has 7 atom stereocenters. The number of nitrogens with zero attached hydrogens (tertiary/aromatic N) is 1. The molecule has 2 bridgehead atoms. The molecule has 5 rings (SSSR count). The fourth-order valence-electron chi connectivity index (χ4n) is 7.54.